The predicted molar refractivity (Wildman–Crippen MR) is 111 cm³/mol. The zero-order valence-corrected chi connectivity index (χ0v) is 17.7. The van der Waals surface area contributed by atoms with Crippen molar-refractivity contribution in [3.63, 3.8) is 0 Å². The molecule has 7 heteroatoms. The van der Waals surface area contributed by atoms with Crippen molar-refractivity contribution in [3.05, 3.63) is 41.7 Å². The first-order valence-corrected chi connectivity index (χ1v) is 9.66. The molecule has 0 spiro atoms. The highest BCUT2D eigenvalue weighted by Gasteiger charge is 2.22. The Bertz CT molecular complexity index is 821. The molecule has 0 aliphatic carbocycles. The molecule has 0 aliphatic rings. The quantitative estimate of drug-likeness (QED) is 0.670. The van der Waals surface area contributed by atoms with Crippen LogP contribution in [0, 0.1) is 13.8 Å². The molecule has 28 heavy (non-hydrogen) atoms. The summed E-state index contributed by atoms with van der Waals surface area (Å²) in [6.07, 6.45) is 0. The van der Waals surface area contributed by atoms with E-state index in [9.17, 15) is 9.59 Å². The summed E-state index contributed by atoms with van der Waals surface area (Å²) < 4.78 is 1.83. The van der Waals surface area contributed by atoms with Gasteiger partial charge in [-0.15, -0.1) is 0 Å². The molecule has 0 radical (unpaired) electrons. The minimum atomic E-state index is -0.279. The van der Waals surface area contributed by atoms with Gasteiger partial charge >= 0.3 is 0 Å². The van der Waals surface area contributed by atoms with Crippen molar-refractivity contribution in [3.8, 4) is 5.69 Å². The van der Waals surface area contributed by atoms with Crippen LogP contribution in [-0.2, 0) is 9.59 Å². The summed E-state index contributed by atoms with van der Waals surface area (Å²) >= 11 is 0. The maximum atomic E-state index is 12.6. The van der Waals surface area contributed by atoms with E-state index in [0.29, 0.717) is 6.54 Å². The van der Waals surface area contributed by atoms with Gasteiger partial charge in [-0.05, 0) is 53.7 Å². The Balaban J connectivity index is 2.04. The van der Waals surface area contributed by atoms with Gasteiger partial charge in [-0.3, -0.25) is 9.59 Å². The molecule has 1 atom stereocenters. The van der Waals surface area contributed by atoms with Crippen LogP contribution in [0.4, 0.5) is 5.69 Å². The third-order valence-electron chi connectivity index (χ3n) is 4.39. The van der Waals surface area contributed by atoms with E-state index in [1.807, 2.05) is 76.6 Å². The fourth-order valence-electron chi connectivity index (χ4n) is 3.06. The highest BCUT2D eigenvalue weighted by atomic mass is 16.2. The smallest absolute Gasteiger partial charge is 0.279 e. The molecule has 1 aromatic carbocycles. The Morgan fingerprint density at radius 3 is 2.25 bits per heavy atom. The molecule has 7 nitrogen and oxygen atoms in total. The van der Waals surface area contributed by atoms with Crippen molar-refractivity contribution in [2.75, 3.05) is 25.0 Å². The number of nitrogens with one attached hydrogen (secondary N) is 3. The van der Waals surface area contributed by atoms with E-state index in [1.54, 1.807) is 0 Å². The number of para-hydroxylation sites is 1. The molecule has 1 aromatic heterocycles. The first kappa shape index (κ1) is 21.6. The monoisotopic (exact) mass is 386 g/mol. The van der Waals surface area contributed by atoms with Crippen LogP contribution in [0.1, 0.15) is 39.1 Å². The number of aryl methyl sites for hydroxylation is 1. The molecule has 2 aromatic rings. The van der Waals surface area contributed by atoms with E-state index in [-0.39, 0.29) is 30.4 Å². The second kappa shape index (κ2) is 9.01. The highest BCUT2D eigenvalue weighted by Crippen LogP contribution is 2.22. The number of aromatic nitrogens is 2. The fourth-order valence-corrected chi connectivity index (χ4v) is 3.06. The molecule has 1 unspecified atom stereocenters. The lowest BCUT2D eigenvalue weighted by molar-refractivity contribution is -0.881. The Kier molecular flexibility index (Phi) is 6.96. The summed E-state index contributed by atoms with van der Waals surface area (Å²) in [6, 6.07) is 9.81. The summed E-state index contributed by atoms with van der Waals surface area (Å²) in [4.78, 5) is 25.7. The Hall–Kier alpha value is -2.67. The molecule has 0 fully saturated rings. The standard InChI is InChI=1S/C21H31N5O2/c1-7-25(14-19(28)23-21(4,5)6)13-18(27)22-20-15(2)24-26(16(20)3)17-11-9-8-10-12-17/h8-12H,7,13-14H2,1-6H3,(H,22,27)(H,23,28)/p+1. The molecular weight excluding hydrogens is 354 g/mol. The number of hydrogen-bond donors (Lipinski definition) is 3. The number of hydrogen-bond acceptors (Lipinski definition) is 3. The lowest BCUT2D eigenvalue weighted by Crippen LogP contribution is -3.14. The van der Waals surface area contributed by atoms with Gasteiger partial charge in [0.25, 0.3) is 11.8 Å². The topological polar surface area (TPSA) is 80.5 Å². The van der Waals surface area contributed by atoms with Gasteiger partial charge in [0, 0.05) is 5.54 Å². The van der Waals surface area contributed by atoms with Crippen LogP contribution in [0.15, 0.2) is 30.3 Å². The van der Waals surface area contributed by atoms with Crippen molar-refractivity contribution in [1.29, 1.82) is 0 Å². The average Bonchev–Trinajstić information content (AvgIpc) is 2.88. The van der Waals surface area contributed by atoms with Crippen molar-refractivity contribution in [2.24, 2.45) is 0 Å². The molecule has 152 valence electrons. The molecule has 0 saturated heterocycles. The fraction of sp³-hybridized carbons (Fsp3) is 0.476. The number of nitrogens with zero attached hydrogens (tertiary/aromatic N) is 2. The van der Waals surface area contributed by atoms with E-state index in [2.05, 4.69) is 15.7 Å². The molecule has 0 aliphatic heterocycles. The number of amides is 2. The van der Waals surface area contributed by atoms with Crippen LogP contribution in [0.5, 0.6) is 0 Å². The predicted octanol–water partition coefficient (Wildman–Crippen LogP) is 1.25. The maximum Gasteiger partial charge on any atom is 0.279 e. The third kappa shape index (κ3) is 5.92. The molecule has 0 saturated carbocycles. The van der Waals surface area contributed by atoms with E-state index >= 15 is 0 Å². The van der Waals surface area contributed by atoms with E-state index in [4.69, 9.17) is 0 Å². The SMILES string of the molecule is CC[NH+](CC(=O)Nc1c(C)nn(-c2ccccc2)c1C)CC(=O)NC(C)(C)C. The van der Waals surface area contributed by atoms with E-state index in [1.165, 1.54) is 0 Å². The van der Waals surface area contributed by atoms with Crippen molar-refractivity contribution in [2.45, 2.75) is 47.1 Å². The van der Waals surface area contributed by atoms with Gasteiger partial charge in [-0.2, -0.15) is 5.10 Å². The third-order valence-corrected chi connectivity index (χ3v) is 4.39. The minimum absolute atomic E-state index is 0.0543. The van der Waals surface area contributed by atoms with Crippen molar-refractivity contribution < 1.29 is 14.5 Å². The molecule has 1 heterocycles. The number of benzene rings is 1. The Morgan fingerprint density at radius 2 is 1.68 bits per heavy atom. The highest BCUT2D eigenvalue weighted by molar-refractivity contribution is 5.92. The summed E-state index contributed by atoms with van der Waals surface area (Å²) in [5.74, 6) is -0.180. The average molecular weight is 387 g/mol. The Morgan fingerprint density at radius 1 is 1.07 bits per heavy atom. The molecule has 2 amide bonds. The van der Waals surface area contributed by atoms with Crippen LogP contribution < -0.4 is 15.5 Å². The van der Waals surface area contributed by atoms with Crippen LogP contribution in [0.2, 0.25) is 0 Å². The zero-order chi connectivity index (χ0) is 20.9. The van der Waals surface area contributed by atoms with Gasteiger partial charge in [-0.1, -0.05) is 18.2 Å². The lowest BCUT2D eigenvalue weighted by atomic mass is 10.1. The minimum Gasteiger partial charge on any atom is -0.347 e. The second-order valence-electron chi connectivity index (χ2n) is 8.10. The van der Waals surface area contributed by atoms with Gasteiger partial charge in [0.05, 0.1) is 29.3 Å². The second-order valence-corrected chi connectivity index (χ2v) is 8.10. The molecule has 0 bridgehead atoms. The van der Waals surface area contributed by atoms with Crippen LogP contribution >= 0.6 is 0 Å². The first-order chi connectivity index (χ1) is 13.1. The van der Waals surface area contributed by atoms with Crippen molar-refractivity contribution >= 4 is 17.5 Å². The van der Waals surface area contributed by atoms with E-state index < -0.39 is 0 Å². The summed E-state index contributed by atoms with van der Waals surface area (Å²) in [7, 11) is 0. The molecular formula is C21H32N5O2+. The van der Waals surface area contributed by atoms with Gasteiger partial charge in [0.15, 0.2) is 13.1 Å². The van der Waals surface area contributed by atoms with Gasteiger partial charge < -0.3 is 15.5 Å². The number of quaternary nitrogens is 1. The normalized spacial score (nSPS) is 12.5. The number of rotatable bonds is 7. The summed E-state index contributed by atoms with van der Waals surface area (Å²) in [5, 5.41) is 10.5. The van der Waals surface area contributed by atoms with Gasteiger partial charge in [-0.25, -0.2) is 4.68 Å². The molecule has 3 N–H and O–H groups in total. The maximum absolute atomic E-state index is 12.6. The number of carbonyl (C=O) groups excluding carboxylic acids is 2. The lowest BCUT2D eigenvalue weighted by Gasteiger charge is -2.23. The largest absolute Gasteiger partial charge is 0.347 e. The van der Waals surface area contributed by atoms with Crippen LogP contribution in [-0.4, -0.2) is 46.8 Å². The molecule has 2 rings (SSSR count). The van der Waals surface area contributed by atoms with E-state index in [0.717, 1.165) is 27.7 Å². The zero-order valence-electron chi connectivity index (χ0n) is 17.7. The number of likely N-dealkylation sites (N-methyl/N-ethyl adjacent to an activating group) is 1. The summed E-state index contributed by atoms with van der Waals surface area (Å²) in [5.41, 5.74) is 3.03. The first-order valence-electron chi connectivity index (χ1n) is 9.66. The van der Waals surface area contributed by atoms with Crippen LogP contribution in [0.25, 0.3) is 5.69 Å². The number of carbonyl (C=O) groups is 2. The van der Waals surface area contributed by atoms with Gasteiger partial charge in [0.2, 0.25) is 0 Å². The Labute approximate surface area is 167 Å². The number of anilines is 1. The van der Waals surface area contributed by atoms with Gasteiger partial charge in [0.1, 0.15) is 0 Å². The summed E-state index contributed by atoms with van der Waals surface area (Å²) in [6.45, 7) is 12.8. The van der Waals surface area contributed by atoms with Crippen LogP contribution in [0.3, 0.4) is 0 Å². The van der Waals surface area contributed by atoms with Crippen molar-refractivity contribution in [1.82, 2.24) is 15.1 Å².